The van der Waals surface area contributed by atoms with Crippen LogP contribution in [0.3, 0.4) is 0 Å². The average molecular weight is 253 g/mol. The van der Waals surface area contributed by atoms with Crippen molar-refractivity contribution in [1.82, 2.24) is 4.98 Å². The summed E-state index contributed by atoms with van der Waals surface area (Å²) in [5.41, 5.74) is 4.26. The van der Waals surface area contributed by atoms with Crippen LogP contribution in [0.15, 0.2) is 47.3 Å². The Morgan fingerprint density at radius 3 is 2.68 bits per heavy atom. The quantitative estimate of drug-likeness (QED) is 0.707. The van der Waals surface area contributed by atoms with Crippen LogP contribution in [0.25, 0.3) is 11.0 Å². The molecule has 0 N–H and O–H groups in total. The predicted molar refractivity (Wildman–Crippen MR) is 74.3 cm³/mol. The predicted octanol–water partition coefficient (Wildman–Crippen LogP) is 4.02. The minimum atomic E-state index is 0.534. The average Bonchev–Trinajstić information content (AvgIpc) is 2.89. The monoisotopic (exact) mass is 253 g/mol. The number of aromatic nitrogens is 1. The summed E-state index contributed by atoms with van der Waals surface area (Å²) in [5, 5.41) is 1.03. The molecular weight excluding hydrogens is 238 g/mol. The third kappa shape index (κ3) is 2.19. The molecule has 0 bridgehead atoms. The number of ether oxygens (including phenoxy) is 1. The number of nitrogens with zero attached hydrogens (tertiary/aromatic N) is 1. The molecule has 0 atom stereocenters. The van der Waals surface area contributed by atoms with Crippen molar-refractivity contribution in [2.45, 2.75) is 20.5 Å². The van der Waals surface area contributed by atoms with Crippen molar-refractivity contribution >= 4 is 11.0 Å². The van der Waals surface area contributed by atoms with E-state index in [1.54, 1.807) is 18.7 Å². The summed E-state index contributed by atoms with van der Waals surface area (Å²) >= 11 is 0. The second-order valence-corrected chi connectivity index (χ2v) is 4.65. The van der Waals surface area contributed by atoms with Crippen LogP contribution in [0.2, 0.25) is 0 Å². The Morgan fingerprint density at radius 1 is 1.11 bits per heavy atom. The summed E-state index contributed by atoms with van der Waals surface area (Å²) in [4.78, 5) is 4.00. The van der Waals surface area contributed by atoms with Gasteiger partial charge < -0.3 is 9.15 Å². The highest BCUT2D eigenvalue weighted by Gasteiger charge is 2.11. The molecule has 0 saturated carbocycles. The van der Waals surface area contributed by atoms with E-state index in [1.807, 2.05) is 25.1 Å². The molecule has 0 radical (unpaired) electrons. The normalized spacial score (nSPS) is 10.8. The van der Waals surface area contributed by atoms with E-state index in [-0.39, 0.29) is 0 Å². The number of hydrogen-bond donors (Lipinski definition) is 0. The van der Waals surface area contributed by atoms with Crippen molar-refractivity contribution < 1.29 is 9.15 Å². The second-order valence-electron chi connectivity index (χ2n) is 4.65. The van der Waals surface area contributed by atoms with Crippen LogP contribution < -0.4 is 4.74 Å². The fourth-order valence-corrected chi connectivity index (χ4v) is 2.29. The molecule has 0 spiro atoms. The van der Waals surface area contributed by atoms with Gasteiger partial charge in [-0.1, -0.05) is 0 Å². The molecule has 2 heterocycles. The Kier molecular flexibility index (Phi) is 2.95. The maximum absolute atomic E-state index is 5.96. The van der Waals surface area contributed by atoms with Gasteiger partial charge in [0, 0.05) is 12.4 Å². The van der Waals surface area contributed by atoms with Gasteiger partial charge in [-0.05, 0) is 54.8 Å². The van der Waals surface area contributed by atoms with Gasteiger partial charge in [0.25, 0.3) is 0 Å². The van der Waals surface area contributed by atoms with Crippen molar-refractivity contribution in [1.29, 1.82) is 0 Å². The summed E-state index contributed by atoms with van der Waals surface area (Å²) in [6.45, 7) is 4.64. The Labute approximate surface area is 111 Å². The molecule has 0 saturated heterocycles. The highest BCUT2D eigenvalue weighted by atomic mass is 16.5. The highest BCUT2D eigenvalue weighted by molar-refractivity contribution is 5.88. The summed E-state index contributed by atoms with van der Waals surface area (Å²) in [6.07, 6.45) is 5.25. The molecule has 2 aromatic heterocycles. The van der Waals surface area contributed by atoms with Gasteiger partial charge in [0.2, 0.25) is 0 Å². The first-order valence-electron chi connectivity index (χ1n) is 6.25. The Morgan fingerprint density at radius 2 is 1.89 bits per heavy atom. The van der Waals surface area contributed by atoms with Crippen LogP contribution in [0.1, 0.15) is 16.7 Å². The smallest absolute Gasteiger partial charge is 0.140 e. The first kappa shape index (κ1) is 11.8. The number of furan rings is 1. The largest absolute Gasteiger partial charge is 0.488 e. The Balaban J connectivity index is 1.95. The lowest BCUT2D eigenvalue weighted by Crippen LogP contribution is -1.98. The number of pyridine rings is 1. The van der Waals surface area contributed by atoms with Crippen LogP contribution in [-0.2, 0) is 6.61 Å². The van der Waals surface area contributed by atoms with Gasteiger partial charge >= 0.3 is 0 Å². The molecule has 0 aliphatic carbocycles. The van der Waals surface area contributed by atoms with Gasteiger partial charge in [-0.3, -0.25) is 4.98 Å². The van der Waals surface area contributed by atoms with Crippen LogP contribution in [0, 0.1) is 13.8 Å². The van der Waals surface area contributed by atoms with E-state index < -0.39 is 0 Å². The number of benzene rings is 1. The summed E-state index contributed by atoms with van der Waals surface area (Å²) < 4.78 is 11.5. The molecule has 0 aliphatic heterocycles. The molecule has 3 heteroatoms. The first-order chi connectivity index (χ1) is 9.25. The molecule has 3 rings (SSSR count). The first-order valence-corrected chi connectivity index (χ1v) is 6.25. The van der Waals surface area contributed by atoms with Crippen molar-refractivity contribution in [3.8, 4) is 5.75 Å². The minimum absolute atomic E-state index is 0.534. The maximum atomic E-state index is 5.96. The number of rotatable bonds is 3. The van der Waals surface area contributed by atoms with Gasteiger partial charge in [-0.25, -0.2) is 0 Å². The lowest BCUT2D eigenvalue weighted by atomic mass is 10.1. The van der Waals surface area contributed by atoms with Gasteiger partial charge in [0.05, 0.1) is 11.6 Å². The van der Waals surface area contributed by atoms with E-state index in [1.165, 1.54) is 0 Å². The minimum Gasteiger partial charge on any atom is -0.488 e. The zero-order valence-electron chi connectivity index (χ0n) is 11.0. The lowest BCUT2D eigenvalue weighted by molar-refractivity contribution is 0.307. The molecule has 3 aromatic rings. The van der Waals surface area contributed by atoms with Crippen LogP contribution >= 0.6 is 0 Å². The molecule has 0 aliphatic rings. The molecule has 0 amide bonds. The van der Waals surface area contributed by atoms with Crippen molar-refractivity contribution in [3.63, 3.8) is 0 Å². The van der Waals surface area contributed by atoms with E-state index in [9.17, 15) is 0 Å². The summed E-state index contributed by atoms with van der Waals surface area (Å²) in [6, 6.07) is 7.96. The van der Waals surface area contributed by atoms with Crippen molar-refractivity contribution in [3.05, 3.63) is 59.6 Å². The highest BCUT2D eigenvalue weighted by Crippen LogP contribution is 2.33. The van der Waals surface area contributed by atoms with Crippen molar-refractivity contribution in [2.24, 2.45) is 0 Å². The summed E-state index contributed by atoms with van der Waals surface area (Å²) in [5.74, 6) is 0.895. The van der Waals surface area contributed by atoms with E-state index in [0.29, 0.717) is 6.61 Å². The van der Waals surface area contributed by atoms with E-state index in [2.05, 4.69) is 18.0 Å². The van der Waals surface area contributed by atoms with E-state index in [0.717, 1.165) is 33.4 Å². The molecule has 0 fully saturated rings. The SMILES string of the molecule is Cc1cc(C)c2occc2c1OCc1ccncc1. The summed E-state index contributed by atoms with van der Waals surface area (Å²) in [7, 11) is 0. The Hall–Kier alpha value is -2.29. The lowest BCUT2D eigenvalue weighted by Gasteiger charge is -2.11. The van der Waals surface area contributed by atoms with Gasteiger partial charge in [0.15, 0.2) is 0 Å². The topological polar surface area (TPSA) is 35.3 Å². The molecule has 19 heavy (non-hydrogen) atoms. The molecule has 96 valence electrons. The van der Waals surface area contributed by atoms with Crippen LogP contribution in [-0.4, -0.2) is 4.98 Å². The standard InChI is InChI=1S/C16H15NO2/c1-11-9-12(2)16(14-5-8-18-15(11)14)19-10-13-3-6-17-7-4-13/h3-9H,10H2,1-2H3. The Bertz CT molecular complexity index is 701. The van der Waals surface area contributed by atoms with E-state index in [4.69, 9.17) is 9.15 Å². The fraction of sp³-hybridized carbons (Fsp3) is 0.188. The molecular formula is C16H15NO2. The third-order valence-corrected chi connectivity index (χ3v) is 3.19. The number of hydrogen-bond acceptors (Lipinski definition) is 3. The second kappa shape index (κ2) is 4.76. The van der Waals surface area contributed by atoms with Crippen molar-refractivity contribution in [2.75, 3.05) is 0 Å². The maximum Gasteiger partial charge on any atom is 0.140 e. The molecule has 0 unspecified atom stereocenters. The van der Waals surface area contributed by atoms with Crippen LogP contribution in [0.4, 0.5) is 0 Å². The zero-order chi connectivity index (χ0) is 13.2. The zero-order valence-corrected chi connectivity index (χ0v) is 11.0. The number of fused-ring (bicyclic) bond motifs is 1. The van der Waals surface area contributed by atoms with Gasteiger partial charge in [0.1, 0.15) is 17.9 Å². The van der Waals surface area contributed by atoms with Gasteiger partial charge in [-0.15, -0.1) is 0 Å². The third-order valence-electron chi connectivity index (χ3n) is 3.19. The van der Waals surface area contributed by atoms with E-state index >= 15 is 0 Å². The molecule has 3 nitrogen and oxygen atoms in total. The van der Waals surface area contributed by atoms with Gasteiger partial charge in [-0.2, -0.15) is 0 Å². The number of aryl methyl sites for hydroxylation is 2. The van der Waals surface area contributed by atoms with Crippen LogP contribution in [0.5, 0.6) is 5.75 Å². The molecule has 1 aromatic carbocycles. The fourth-order valence-electron chi connectivity index (χ4n) is 2.29.